The van der Waals surface area contributed by atoms with E-state index in [4.69, 9.17) is 18.1 Å². The lowest BCUT2D eigenvalue weighted by Gasteiger charge is -1.65. The molecule has 39 valence electrons. The highest BCUT2D eigenvalue weighted by atomic mass is 35.6. The zero-order valence-corrected chi connectivity index (χ0v) is 7.30. The van der Waals surface area contributed by atoms with E-state index in [9.17, 15) is 0 Å². The van der Waals surface area contributed by atoms with Crippen LogP contribution in [0.5, 0.6) is 0 Å². The van der Waals surface area contributed by atoms with Gasteiger partial charge in [0.05, 0.1) is 0 Å². The maximum atomic E-state index is 4.90. The Balaban J connectivity index is 0. The summed E-state index contributed by atoms with van der Waals surface area (Å²) < 4.78 is 0. The minimum atomic E-state index is -0.639. The molecule has 0 saturated carbocycles. The van der Waals surface area contributed by atoms with Gasteiger partial charge in [0.1, 0.15) is 0 Å². The van der Waals surface area contributed by atoms with Crippen molar-refractivity contribution in [3.8, 4) is 0 Å². The molecule has 7 heavy (non-hydrogen) atoms. The molecule has 0 aromatic carbocycles. The standard InChI is InChI=1S/C4H7.2ClH.Mg/c1-4(2)3;;;/h1-2H2,3H3;2*1H;/q;;;+2/p-2. The molecule has 3 heteroatoms. The summed E-state index contributed by atoms with van der Waals surface area (Å²) in [6.07, 6.45) is 0. The molecule has 0 spiro atoms. The van der Waals surface area contributed by atoms with Gasteiger partial charge in [-0.1, -0.05) is 5.57 Å². The van der Waals surface area contributed by atoms with Crippen LogP contribution in [0.3, 0.4) is 0 Å². The van der Waals surface area contributed by atoms with Gasteiger partial charge in [-0.25, -0.2) is 0 Å². The van der Waals surface area contributed by atoms with Crippen LogP contribution in [0.25, 0.3) is 0 Å². The number of rotatable bonds is 0. The van der Waals surface area contributed by atoms with Crippen molar-refractivity contribution in [3.63, 3.8) is 0 Å². The minimum absolute atomic E-state index is 0.639. The molecule has 0 aromatic heterocycles. The van der Waals surface area contributed by atoms with Gasteiger partial charge in [-0.2, -0.15) is 0 Å². The predicted octanol–water partition coefficient (Wildman–Crippen LogP) is 2.39. The second kappa shape index (κ2) is 10.1. The van der Waals surface area contributed by atoms with Crippen LogP contribution in [0.2, 0.25) is 0 Å². The normalized spacial score (nSPS) is 5.14. The highest BCUT2D eigenvalue weighted by Gasteiger charge is 1.64. The quantitative estimate of drug-likeness (QED) is 0.465. The maximum absolute atomic E-state index is 4.90. The van der Waals surface area contributed by atoms with Crippen molar-refractivity contribution < 1.29 is 0 Å². The van der Waals surface area contributed by atoms with Crippen LogP contribution < -0.4 is 0 Å². The molecule has 0 fully saturated rings. The van der Waals surface area contributed by atoms with E-state index in [-0.39, 0.29) is 0 Å². The average Bonchev–Trinajstić information content (AvgIpc) is 1.33. The van der Waals surface area contributed by atoms with Crippen molar-refractivity contribution in [3.05, 3.63) is 19.1 Å². The van der Waals surface area contributed by atoms with E-state index in [1.165, 1.54) is 0 Å². The van der Waals surface area contributed by atoms with E-state index in [0.717, 1.165) is 5.57 Å². The summed E-state index contributed by atoms with van der Waals surface area (Å²) in [5.41, 5.74) is 0.917. The second-order valence-corrected chi connectivity index (χ2v) is 3.68. The average molecular weight is 150 g/mol. The Hall–Kier alpha value is 1.09. The molecule has 0 N–H and O–H groups in total. The van der Waals surface area contributed by atoms with Crippen LogP contribution in [0, 0.1) is 6.92 Å². The molecule has 0 aliphatic heterocycles. The summed E-state index contributed by atoms with van der Waals surface area (Å²) in [5.74, 6) is 0. The Labute approximate surface area is 62.2 Å². The zero-order valence-electron chi connectivity index (χ0n) is 4.38. The highest BCUT2D eigenvalue weighted by Crippen LogP contribution is 1.72. The molecule has 1 radical (unpaired) electrons. The van der Waals surface area contributed by atoms with Crippen molar-refractivity contribution in [2.75, 3.05) is 0 Å². The van der Waals surface area contributed by atoms with Crippen molar-refractivity contribution in [2.45, 2.75) is 6.92 Å². The fraction of sp³-hybridized carbons (Fsp3) is 0.250. The Morgan fingerprint density at radius 2 is 1.57 bits per heavy atom. The van der Waals surface area contributed by atoms with E-state index in [1.807, 2.05) is 6.92 Å². The van der Waals surface area contributed by atoms with Gasteiger partial charge in [-0.05, 0) is 13.8 Å². The third-order valence-electron chi connectivity index (χ3n) is 0. The molecule has 0 amide bonds. The van der Waals surface area contributed by atoms with Crippen LogP contribution in [-0.4, -0.2) is 18.2 Å². The highest BCUT2D eigenvalue weighted by molar-refractivity contribution is 7.22. The molecule has 0 nitrogen and oxygen atoms in total. The van der Waals surface area contributed by atoms with Crippen LogP contribution in [-0.2, 0) is 0 Å². The van der Waals surface area contributed by atoms with E-state index in [1.54, 1.807) is 0 Å². The van der Waals surface area contributed by atoms with Crippen molar-refractivity contribution in [2.24, 2.45) is 0 Å². The van der Waals surface area contributed by atoms with Gasteiger partial charge in [-0.3, -0.25) is 0 Å². The Morgan fingerprint density at radius 1 is 1.57 bits per heavy atom. The first-order chi connectivity index (χ1) is 3.15. The van der Waals surface area contributed by atoms with Crippen molar-refractivity contribution >= 4 is 36.3 Å². The van der Waals surface area contributed by atoms with E-state index >= 15 is 0 Å². The van der Waals surface area contributed by atoms with Crippen molar-refractivity contribution in [1.82, 2.24) is 0 Å². The zero-order chi connectivity index (χ0) is 6.28. The largest absolute Gasteiger partial charge is 0.618 e. The first-order valence-electron chi connectivity index (χ1n) is 1.74. The molecule has 0 aromatic rings. The monoisotopic (exact) mass is 149 g/mol. The molecule has 0 unspecified atom stereocenters. The Morgan fingerprint density at radius 3 is 1.57 bits per heavy atom. The summed E-state index contributed by atoms with van der Waals surface area (Å²) >= 11 is -0.639. The maximum Gasteiger partial charge on any atom is 0.618 e. The van der Waals surface area contributed by atoms with Gasteiger partial charge in [0, 0.05) is 0 Å². The third kappa shape index (κ3) is 155. The van der Waals surface area contributed by atoms with Crippen LogP contribution in [0.4, 0.5) is 0 Å². The molecule has 0 bridgehead atoms. The van der Waals surface area contributed by atoms with Gasteiger partial charge in [0.25, 0.3) is 0 Å². The van der Waals surface area contributed by atoms with E-state index in [2.05, 4.69) is 13.5 Å². The SMILES string of the molecule is [CH2]C(=C)C.[Cl][Mg][Cl]. The summed E-state index contributed by atoms with van der Waals surface area (Å²) in [6.45, 7) is 8.75. The van der Waals surface area contributed by atoms with Gasteiger partial charge in [0.15, 0.2) is 0 Å². The molecule has 0 saturated heterocycles. The summed E-state index contributed by atoms with van der Waals surface area (Å²) in [5, 5.41) is 0. The van der Waals surface area contributed by atoms with Gasteiger partial charge < -0.3 is 18.1 Å². The second-order valence-electron chi connectivity index (χ2n) is 1.06. The summed E-state index contributed by atoms with van der Waals surface area (Å²) in [6, 6.07) is 0. The molecular weight excluding hydrogens is 143 g/mol. The summed E-state index contributed by atoms with van der Waals surface area (Å²) in [4.78, 5) is 0. The van der Waals surface area contributed by atoms with E-state index < -0.39 is 18.2 Å². The third-order valence-corrected chi connectivity index (χ3v) is 0. The molecule has 0 aliphatic carbocycles. The Bertz CT molecular complexity index is 41.0. The molecular formula is C4H7Cl2Mg. The Kier molecular flexibility index (Phi) is 15.9. The lowest BCUT2D eigenvalue weighted by Crippen LogP contribution is -1.44. The lowest BCUT2D eigenvalue weighted by molar-refractivity contribution is 1.58. The molecule has 0 rings (SSSR count). The van der Waals surface area contributed by atoms with Crippen LogP contribution in [0.15, 0.2) is 12.2 Å². The summed E-state index contributed by atoms with van der Waals surface area (Å²) in [7, 11) is 9.81. The van der Waals surface area contributed by atoms with Crippen molar-refractivity contribution in [1.29, 1.82) is 0 Å². The first kappa shape index (κ1) is 11.0. The topological polar surface area (TPSA) is 0 Å². The van der Waals surface area contributed by atoms with E-state index in [0.29, 0.717) is 0 Å². The molecule has 0 atom stereocenters. The fourth-order valence-corrected chi connectivity index (χ4v) is 0. The van der Waals surface area contributed by atoms with Gasteiger partial charge in [0.2, 0.25) is 0 Å². The van der Waals surface area contributed by atoms with Crippen LogP contribution >= 0.6 is 18.1 Å². The smallest absolute Gasteiger partial charge is 0.309 e. The number of halogens is 2. The lowest BCUT2D eigenvalue weighted by atomic mass is 10.4. The molecule has 0 aliphatic rings. The number of hydrogen-bond acceptors (Lipinski definition) is 0. The van der Waals surface area contributed by atoms with Gasteiger partial charge >= 0.3 is 18.2 Å². The van der Waals surface area contributed by atoms with Gasteiger partial charge in [-0.15, -0.1) is 6.58 Å². The molecule has 0 heterocycles. The minimum Gasteiger partial charge on any atom is -0.309 e. The fourth-order valence-electron chi connectivity index (χ4n) is 0. The number of hydrogen-bond donors (Lipinski definition) is 0. The van der Waals surface area contributed by atoms with Crippen LogP contribution in [0.1, 0.15) is 6.92 Å². The first-order valence-corrected chi connectivity index (χ1v) is 6.02. The number of allylic oxidation sites excluding steroid dienone is 1. The predicted molar refractivity (Wildman–Crippen MR) is 37.6 cm³/mol.